The molecule has 2 rings (SSSR count). The molecular weight excluding hydrogens is 246 g/mol. The van der Waals surface area contributed by atoms with Crippen LogP contribution in [0.3, 0.4) is 0 Å². The first-order valence-corrected chi connectivity index (χ1v) is 6.14. The lowest BCUT2D eigenvalue weighted by atomic mass is 10.1. The van der Waals surface area contributed by atoms with Crippen molar-refractivity contribution >= 4 is 11.4 Å². The summed E-state index contributed by atoms with van der Waals surface area (Å²) in [5, 5.41) is 0. The number of halogens is 2. The molecule has 0 radical (unpaired) electrons. The van der Waals surface area contributed by atoms with Crippen molar-refractivity contribution in [2.75, 3.05) is 17.2 Å². The lowest BCUT2D eigenvalue weighted by Crippen LogP contribution is -2.22. The molecule has 0 fully saturated rings. The molecule has 2 nitrogen and oxygen atoms in total. The van der Waals surface area contributed by atoms with Crippen LogP contribution < -0.4 is 10.6 Å². The molecule has 0 unspecified atom stereocenters. The van der Waals surface area contributed by atoms with Crippen LogP contribution in [0.25, 0.3) is 0 Å². The Morgan fingerprint density at radius 2 is 1.79 bits per heavy atom. The fourth-order valence-corrected chi connectivity index (χ4v) is 1.98. The van der Waals surface area contributed by atoms with Crippen molar-refractivity contribution in [3.05, 3.63) is 59.7 Å². The molecule has 0 aliphatic heterocycles. The molecular formula is C15H16F2N2. The predicted molar refractivity (Wildman–Crippen MR) is 73.9 cm³/mol. The molecule has 0 saturated carbocycles. The van der Waals surface area contributed by atoms with Gasteiger partial charge >= 0.3 is 0 Å². The van der Waals surface area contributed by atoms with Gasteiger partial charge in [-0.2, -0.15) is 0 Å². The first kappa shape index (κ1) is 13.3. The van der Waals surface area contributed by atoms with Crippen LogP contribution in [0.2, 0.25) is 0 Å². The fraction of sp³-hybridized carbons (Fsp3) is 0.200. The smallest absolute Gasteiger partial charge is 0.125 e. The second-order valence-corrected chi connectivity index (χ2v) is 4.34. The summed E-state index contributed by atoms with van der Waals surface area (Å²) in [6.07, 6.45) is 0. The van der Waals surface area contributed by atoms with Gasteiger partial charge in [-0.3, -0.25) is 0 Å². The SMILES string of the molecule is CCN(Cc1cc(F)ccc1N)c1cccc(F)c1. The third kappa shape index (κ3) is 3.22. The van der Waals surface area contributed by atoms with Crippen LogP contribution >= 0.6 is 0 Å². The zero-order valence-electron chi connectivity index (χ0n) is 10.7. The standard InChI is InChI=1S/C15H16F2N2/c1-2-19(14-5-3-4-12(16)9-14)10-11-8-13(17)6-7-15(11)18/h3-9H,2,10,18H2,1H3. The number of hydrogen-bond donors (Lipinski definition) is 1. The van der Waals surface area contributed by atoms with Crippen molar-refractivity contribution in [1.29, 1.82) is 0 Å². The summed E-state index contributed by atoms with van der Waals surface area (Å²) in [6, 6.07) is 10.6. The van der Waals surface area contributed by atoms with Gasteiger partial charge in [0.25, 0.3) is 0 Å². The normalized spacial score (nSPS) is 10.5. The zero-order valence-corrected chi connectivity index (χ0v) is 10.7. The number of nitrogens with two attached hydrogens (primary N) is 1. The third-order valence-corrected chi connectivity index (χ3v) is 3.02. The highest BCUT2D eigenvalue weighted by Gasteiger charge is 2.09. The summed E-state index contributed by atoms with van der Waals surface area (Å²) < 4.78 is 26.5. The highest BCUT2D eigenvalue weighted by Crippen LogP contribution is 2.21. The van der Waals surface area contributed by atoms with E-state index in [9.17, 15) is 8.78 Å². The molecule has 0 amide bonds. The summed E-state index contributed by atoms with van der Waals surface area (Å²) in [5.41, 5.74) is 7.83. The summed E-state index contributed by atoms with van der Waals surface area (Å²) in [4.78, 5) is 1.94. The minimum absolute atomic E-state index is 0.289. The maximum atomic E-state index is 13.2. The van der Waals surface area contributed by atoms with E-state index in [-0.39, 0.29) is 11.6 Å². The molecule has 0 spiro atoms. The molecule has 0 aliphatic carbocycles. The quantitative estimate of drug-likeness (QED) is 0.853. The average Bonchev–Trinajstić information content (AvgIpc) is 2.39. The van der Waals surface area contributed by atoms with Gasteiger partial charge in [-0.15, -0.1) is 0 Å². The summed E-state index contributed by atoms with van der Waals surface area (Å²) in [7, 11) is 0. The number of nitrogen functional groups attached to an aromatic ring is 1. The minimum Gasteiger partial charge on any atom is -0.398 e. The Morgan fingerprint density at radius 3 is 2.47 bits per heavy atom. The maximum Gasteiger partial charge on any atom is 0.125 e. The molecule has 0 bridgehead atoms. The zero-order chi connectivity index (χ0) is 13.8. The van der Waals surface area contributed by atoms with Gasteiger partial charge in [-0.05, 0) is 48.9 Å². The Bertz CT molecular complexity index is 570. The van der Waals surface area contributed by atoms with Crippen molar-refractivity contribution in [3.8, 4) is 0 Å². The topological polar surface area (TPSA) is 29.3 Å². The second-order valence-electron chi connectivity index (χ2n) is 4.34. The van der Waals surface area contributed by atoms with Crippen LogP contribution in [0.15, 0.2) is 42.5 Å². The Morgan fingerprint density at radius 1 is 1.05 bits per heavy atom. The van der Waals surface area contributed by atoms with E-state index >= 15 is 0 Å². The number of hydrogen-bond acceptors (Lipinski definition) is 2. The van der Waals surface area contributed by atoms with Crippen LogP contribution in [0.1, 0.15) is 12.5 Å². The number of nitrogens with zero attached hydrogens (tertiary/aromatic N) is 1. The molecule has 4 heteroatoms. The van der Waals surface area contributed by atoms with Crippen LogP contribution in [0.4, 0.5) is 20.2 Å². The van der Waals surface area contributed by atoms with E-state index in [0.29, 0.717) is 24.3 Å². The van der Waals surface area contributed by atoms with Crippen LogP contribution in [0.5, 0.6) is 0 Å². The Kier molecular flexibility index (Phi) is 4.00. The van der Waals surface area contributed by atoms with Gasteiger partial charge in [-0.25, -0.2) is 8.78 Å². The molecule has 100 valence electrons. The summed E-state index contributed by atoms with van der Waals surface area (Å²) in [5.74, 6) is -0.609. The van der Waals surface area contributed by atoms with E-state index < -0.39 is 0 Å². The number of anilines is 2. The fourth-order valence-electron chi connectivity index (χ4n) is 1.98. The molecule has 0 heterocycles. The summed E-state index contributed by atoms with van der Waals surface area (Å²) >= 11 is 0. The van der Waals surface area contributed by atoms with Crippen molar-refractivity contribution in [2.45, 2.75) is 13.5 Å². The highest BCUT2D eigenvalue weighted by molar-refractivity contribution is 5.52. The molecule has 2 N–H and O–H groups in total. The van der Waals surface area contributed by atoms with Crippen LogP contribution in [-0.4, -0.2) is 6.54 Å². The van der Waals surface area contributed by atoms with E-state index in [4.69, 9.17) is 5.73 Å². The Labute approximate surface area is 111 Å². The van der Waals surface area contributed by atoms with Gasteiger partial charge in [0.05, 0.1) is 0 Å². The molecule has 2 aromatic rings. The van der Waals surface area contributed by atoms with Gasteiger partial charge in [0, 0.05) is 24.5 Å². The lowest BCUT2D eigenvalue weighted by molar-refractivity contribution is 0.623. The van der Waals surface area contributed by atoms with Gasteiger partial charge in [0.1, 0.15) is 11.6 Å². The minimum atomic E-state index is -0.320. The first-order chi connectivity index (χ1) is 9.10. The summed E-state index contributed by atoms with van der Waals surface area (Å²) in [6.45, 7) is 3.09. The Balaban J connectivity index is 2.26. The van der Waals surface area contributed by atoms with Crippen molar-refractivity contribution in [1.82, 2.24) is 0 Å². The van der Waals surface area contributed by atoms with Crippen molar-refractivity contribution in [2.24, 2.45) is 0 Å². The monoisotopic (exact) mass is 262 g/mol. The first-order valence-electron chi connectivity index (χ1n) is 6.14. The molecule has 2 aromatic carbocycles. The molecule has 0 aromatic heterocycles. The van der Waals surface area contributed by atoms with E-state index in [1.165, 1.54) is 24.3 Å². The molecule has 0 atom stereocenters. The van der Waals surface area contributed by atoms with Gasteiger partial charge < -0.3 is 10.6 Å². The van der Waals surface area contributed by atoms with E-state index in [1.807, 2.05) is 17.9 Å². The highest BCUT2D eigenvalue weighted by atomic mass is 19.1. The largest absolute Gasteiger partial charge is 0.398 e. The number of rotatable bonds is 4. The Hall–Kier alpha value is -2.10. The van der Waals surface area contributed by atoms with E-state index in [1.54, 1.807) is 12.1 Å². The number of benzene rings is 2. The maximum absolute atomic E-state index is 13.2. The lowest BCUT2D eigenvalue weighted by Gasteiger charge is -2.24. The molecule has 19 heavy (non-hydrogen) atoms. The van der Waals surface area contributed by atoms with Crippen LogP contribution in [0, 0.1) is 11.6 Å². The van der Waals surface area contributed by atoms with Gasteiger partial charge in [0.2, 0.25) is 0 Å². The van der Waals surface area contributed by atoms with E-state index in [2.05, 4.69) is 0 Å². The van der Waals surface area contributed by atoms with E-state index in [0.717, 1.165) is 5.69 Å². The van der Waals surface area contributed by atoms with Crippen molar-refractivity contribution < 1.29 is 8.78 Å². The second kappa shape index (κ2) is 5.69. The predicted octanol–water partition coefficient (Wildman–Crippen LogP) is 3.57. The molecule has 0 aliphatic rings. The average molecular weight is 262 g/mol. The van der Waals surface area contributed by atoms with Crippen LogP contribution in [-0.2, 0) is 6.54 Å². The van der Waals surface area contributed by atoms with Gasteiger partial charge in [-0.1, -0.05) is 6.07 Å². The van der Waals surface area contributed by atoms with Gasteiger partial charge in [0.15, 0.2) is 0 Å². The third-order valence-electron chi connectivity index (χ3n) is 3.02. The molecule has 0 saturated heterocycles. The van der Waals surface area contributed by atoms with Crippen molar-refractivity contribution in [3.63, 3.8) is 0 Å².